The summed E-state index contributed by atoms with van der Waals surface area (Å²) in [5.41, 5.74) is 0.0278. The molecule has 144 valence electrons. The van der Waals surface area contributed by atoms with Gasteiger partial charge >= 0.3 is 6.18 Å². The Hall–Kier alpha value is -1.90. The lowest BCUT2D eigenvalue weighted by atomic mass is 10.1. The first-order valence-electron chi connectivity index (χ1n) is 7.36. The van der Waals surface area contributed by atoms with Crippen LogP contribution in [0.4, 0.5) is 18.9 Å². The number of ether oxygens (including phenoxy) is 1. The standard InChI is InChI=1S/C17H13Cl2F3N2O2S/c1-26-13-6-5-12(8-23-13)24-16(25)14(18)15(19)27-9-10-3-2-4-11(7-10)17(20,21)22/h2-8H,9H2,1H3,(H,24,25). The van der Waals surface area contributed by atoms with Crippen LogP contribution in [0.3, 0.4) is 0 Å². The van der Waals surface area contributed by atoms with Gasteiger partial charge in [0.1, 0.15) is 5.03 Å². The smallest absolute Gasteiger partial charge is 0.416 e. The van der Waals surface area contributed by atoms with E-state index in [0.717, 1.165) is 23.9 Å². The molecule has 0 atom stereocenters. The number of nitrogens with zero attached hydrogens (tertiary/aromatic N) is 1. The third-order valence-electron chi connectivity index (χ3n) is 3.20. The van der Waals surface area contributed by atoms with Crippen LogP contribution in [0.15, 0.2) is 52.0 Å². The van der Waals surface area contributed by atoms with Gasteiger partial charge < -0.3 is 10.1 Å². The third-order valence-corrected chi connectivity index (χ3v) is 5.22. The van der Waals surface area contributed by atoms with E-state index < -0.39 is 17.6 Å². The molecule has 0 fully saturated rings. The zero-order valence-corrected chi connectivity index (χ0v) is 16.1. The first kappa shape index (κ1) is 21.4. The topological polar surface area (TPSA) is 51.2 Å². The summed E-state index contributed by atoms with van der Waals surface area (Å²) in [6.45, 7) is 0. The zero-order valence-electron chi connectivity index (χ0n) is 13.8. The summed E-state index contributed by atoms with van der Waals surface area (Å²) in [5, 5.41) is 2.23. The predicted molar refractivity (Wildman–Crippen MR) is 101 cm³/mol. The second-order valence-electron chi connectivity index (χ2n) is 5.12. The molecule has 0 bridgehead atoms. The fourth-order valence-electron chi connectivity index (χ4n) is 1.90. The van der Waals surface area contributed by atoms with Crippen molar-refractivity contribution in [1.82, 2.24) is 4.98 Å². The molecule has 1 heterocycles. The van der Waals surface area contributed by atoms with Crippen molar-refractivity contribution in [2.24, 2.45) is 0 Å². The number of anilines is 1. The molecule has 1 aromatic carbocycles. The van der Waals surface area contributed by atoms with Gasteiger partial charge in [-0.25, -0.2) is 4.98 Å². The van der Waals surface area contributed by atoms with Gasteiger partial charge in [0, 0.05) is 11.8 Å². The maximum Gasteiger partial charge on any atom is 0.416 e. The Morgan fingerprint density at radius 3 is 2.59 bits per heavy atom. The monoisotopic (exact) mass is 436 g/mol. The number of carbonyl (C=O) groups excluding carboxylic acids is 1. The fourth-order valence-corrected chi connectivity index (χ4v) is 3.05. The lowest BCUT2D eigenvalue weighted by Crippen LogP contribution is -2.12. The van der Waals surface area contributed by atoms with Gasteiger partial charge in [-0.1, -0.05) is 41.4 Å². The summed E-state index contributed by atoms with van der Waals surface area (Å²) >= 11 is 12.9. The van der Waals surface area contributed by atoms with Gasteiger partial charge in [0.15, 0.2) is 0 Å². The maximum atomic E-state index is 12.7. The quantitative estimate of drug-likeness (QED) is 0.596. The number of nitrogens with one attached hydrogen (secondary N) is 1. The van der Waals surface area contributed by atoms with Crippen LogP contribution in [0.2, 0.25) is 0 Å². The van der Waals surface area contributed by atoms with E-state index in [1.807, 2.05) is 0 Å². The van der Waals surface area contributed by atoms with Gasteiger partial charge in [-0.3, -0.25) is 4.79 Å². The number of hydrogen-bond donors (Lipinski definition) is 1. The van der Waals surface area contributed by atoms with Crippen molar-refractivity contribution in [3.8, 4) is 5.88 Å². The minimum Gasteiger partial charge on any atom is -0.481 e. The van der Waals surface area contributed by atoms with Crippen molar-refractivity contribution in [1.29, 1.82) is 0 Å². The van der Waals surface area contributed by atoms with Crippen molar-refractivity contribution in [3.05, 3.63) is 63.1 Å². The Balaban J connectivity index is 2.01. The SMILES string of the molecule is COc1ccc(NC(=O)C(Cl)=C(Cl)SCc2cccc(C(F)(F)F)c2)cn1. The average Bonchev–Trinajstić information content (AvgIpc) is 2.65. The molecule has 0 saturated heterocycles. The first-order valence-corrected chi connectivity index (χ1v) is 9.10. The number of benzene rings is 1. The minimum atomic E-state index is -4.43. The van der Waals surface area contributed by atoms with Crippen LogP contribution in [0.1, 0.15) is 11.1 Å². The number of pyridine rings is 1. The number of aromatic nitrogens is 1. The van der Waals surface area contributed by atoms with Crippen molar-refractivity contribution in [2.75, 3.05) is 12.4 Å². The van der Waals surface area contributed by atoms with Crippen molar-refractivity contribution in [3.63, 3.8) is 0 Å². The summed E-state index contributed by atoms with van der Waals surface area (Å²) < 4.78 is 43.1. The van der Waals surface area contributed by atoms with E-state index in [4.69, 9.17) is 27.9 Å². The highest BCUT2D eigenvalue weighted by molar-refractivity contribution is 8.03. The normalized spacial score (nSPS) is 12.4. The number of carbonyl (C=O) groups is 1. The molecular weight excluding hydrogens is 424 g/mol. The van der Waals surface area contributed by atoms with E-state index in [0.29, 0.717) is 17.1 Å². The predicted octanol–water partition coefficient (Wildman–Crippen LogP) is 5.63. The second-order valence-corrected chi connectivity index (χ2v) is 7.08. The Morgan fingerprint density at radius 1 is 1.26 bits per heavy atom. The van der Waals surface area contributed by atoms with Crippen LogP contribution in [0.5, 0.6) is 5.88 Å². The van der Waals surface area contributed by atoms with Gasteiger partial charge in [-0.15, -0.1) is 11.8 Å². The number of amides is 1. The Labute approximate surface area is 167 Å². The molecule has 4 nitrogen and oxygen atoms in total. The van der Waals surface area contributed by atoms with Gasteiger partial charge in [-0.2, -0.15) is 13.2 Å². The van der Waals surface area contributed by atoms with Crippen LogP contribution in [0.25, 0.3) is 0 Å². The molecule has 2 rings (SSSR count). The Morgan fingerprint density at radius 2 is 2.00 bits per heavy atom. The summed E-state index contributed by atoms with van der Waals surface area (Å²) in [6, 6.07) is 7.96. The Kier molecular flexibility index (Phi) is 7.41. The molecule has 0 spiro atoms. The maximum absolute atomic E-state index is 12.7. The van der Waals surface area contributed by atoms with Crippen LogP contribution < -0.4 is 10.1 Å². The van der Waals surface area contributed by atoms with E-state index in [1.165, 1.54) is 25.4 Å². The lowest BCUT2D eigenvalue weighted by Gasteiger charge is -2.09. The molecule has 1 N–H and O–H groups in total. The highest BCUT2D eigenvalue weighted by Crippen LogP contribution is 2.33. The minimum absolute atomic E-state index is 0.0342. The summed E-state index contributed by atoms with van der Waals surface area (Å²) in [4.78, 5) is 16.0. The molecule has 0 aliphatic heterocycles. The Bertz CT molecular complexity index is 843. The van der Waals surface area contributed by atoms with Crippen LogP contribution in [-0.2, 0) is 16.7 Å². The molecule has 1 amide bonds. The molecule has 2 aromatic rings. The van der Waals surface area contributed by atoms with Crippen LogP contribution in [0, 0.1) is 0 Å². The highest BCUT2D eigenvalue weighted by atomic mass is 35.5. The van der Waals surface area contributed by atoms with Gasteiger partial charge in [0.05, 0.1) is 28.9 Å². The number of methoxy groups -OCH3 is 1. The summed E-state index contributed by atoms with van der Waals surface area (Å²) in [5.74, 6) is -0.162. The largest absolute Gasteiger partial charge is 0.481 e. The first-order chi connectivity index (χ1) is 12.7. The van der Waals surface area contributed by atoms with Crippen molar-refractivity contribution in [2.45, 2.75) is 11.9 Å². The molecular formula is C17H13Cl2F3N2O2S. The zero-order chi connectivity index (χ0) is 20.0. The number of halogens is 5. The fraction of sp³-hybridized carbons (Fsp3) is 0.176. The molecule has 10 heteroatoms. The summed E-state index contributed by atoms with van der Waals surface area (Å²) in [7, 11) is 1.46. The van der Waals surface area contributed by atoms with E-state index in [2.05, 4.69) is 10.3 Å². The van der Waals surface area contributed by atoms with E-state index in [1.54, 1.807) is 12.1 Å². The van der Waals surface area contributed by atoms with Gasteiger partial charge in [0.2, 0.25) is 5.88 Å². The summed E-state index contributed by atoms with van der Waals surface area (Å²) in [6.07, 6.45) is -3.05. The molecule has 0 aliphatic carbocycles. The molecule has 0 saturated carbocycles. The van der Waals surface area contributed by atoms with Gasteiger partial charge in [0.25, 0.3) is 5.91 Å². The highest BCUT2D eigenvalue weighted by Gasteiger charge is 2.30. The molecule has 0 unspecified atom stereocenters. The second kappa shape index (κ2) is 9.34. The molecule has 27 heavy (non-hydrogen) atoms. The number of rotatable bonds is 6. The van der Waals surface area contributed by atoms with Gasteiger partial charge in [-0.05, 0) is 17.7 Å². The van der Waals surface area contributed by atoms with E-state index in [-0.39, 0.29) is 15.1 Å². The molecule has 0 aliphatic rings. The number of hydrogen-bond acceptors (Lipinski definition) is 4. The molecule has 1 aromatic heterocycles. The van der Waals surface area contributed by atoms with E-state index >= 15 is 0 Å². The lowest BCUT2D eigenvalue weighted by molar-refractivity contribution is -0.137. The number of alkyl halides is 3. The van der Waals surface area contributed by atoms with Crippen molar-refractivity contribution < 1.29 is 22.7 Å². The van der Waals surface area contributed by atoms with Crippen LogP contribution in [-0.4, -0.2) is 18.0 Å². The van der Waals surface area contributed by atoms with Crippen molar-refractivity contribution >= 4 is 46.6 Å². The van der Waals surface area contributed by atoms with E-state index in [9.17, 15) is 18.0 Å². The van der Waals surface area contributed by atoms with Crippen LogP contribution >= 0.6 is 35.0 Å². The average molecular weight is 437 g/mol. The number of thioether (sulfide) groups is 1. The molecule has 0 radical (unpaired) electrons. The third kappa shape index (κ3) is 6.34.